The molecule has 5 heteroatoms. The molecule has 0 amide bonds. The van der Waals surface area contributed by atoms with Crippen LogP contribution in [0.15, 0.2) is 30.3 Å². The lowest BCUT2D eigenvalue weighted by molar-refractivity contribution is 0.395. The third kappa shape index (κ3) is 3.15. The van der Waals surface area contributed by atoms with Gasteiger partial charge in [0.2, 0.25) is 0 Å². The molecule has 2 N–H and O–H groups in total. The highest BCUT2D eigenvalue weighted by atomic mass is 35.5. The Labute approximate surface area is 114 Å². The van der Waals surface area contributed by atoms with Crippen LogP contribution in [-0.4, -0.2) is 5.11 Å². The van der Waals surface area contributed by atoms with E-state index in [2.05, 4.69) is 5.32 Å². The van der Waals surface area contributed by atoms with Crippen molar-refractivity contribution in [3.63, 3.8) is 0 Å². The lowest BCUT2D eigenvalue weighted by atomic mass is 10.1. The lowest BCUT2D eigenvalue weighted by Gasteiger charge is -2.10. The monoisotopic (exact) mass is 283 g/mol. The Bertz CT molecular complexity index is 593. The molecule has 2 aromatic carbocycles. The molecule has 0 spiro atoms. The van der Waals surface area contributed by atoms with Crippen molar-refractivity contribution in [2.75, 3.05) is 5.32 Å². The van der Waals surface area contributed by atoms with Gasteiger partial charge in [-0.3, -0.25) is 0 Å². The number of phenols is 1. The van der Waals surface area contributed by atoms with E-state index in [9.17, 15) is 8.78 Å². The summed E-state index contributed by atoms with van der Waals surface area (Å²) in [5, 5.41) is 12.6. The highest BCUT2D eigenvalue weighted by molar-refractivity contribution is 6.30. The van der Waals surface area contributed by atoms with Crippen molar-refractivity contribution in [2.24, 2.45) is 0 Å². The van der Waals surface area contributed by atoms with Crippen molar-refractivity contribution in [1.82, 2.24) is 0 Å². The number of aryl methyl sites for hydroxylation is 1. The first-order valence-electron chi connectivity index (χ1n) is 5.64. The topological polar surface area (TPSA) is 32.3 Å². The van der Waals surface area contributed by atoms with Crippen LogP contribution in [0.25, 0.3) is 0 Å². The van der Waals surface area contributed by atoms with Gasteiger partial charge in [0.25, 0.3) is 0 Å². The summed E-state index contributed by atoms with van der Waals surface area (Å²) in [5.74, 6) is -2.90. The van der Waals surface area contributed by atoms with Crippen LogP contribution in [0, 0.1) is 18.6 Å². The van der Waals surface area contributed by atoms with Gasteiger partial charge in [-0.1, -0.05) is 17.7 Å². The Hall–Kier alpha value is -1.81. The molecule has 2 rings (SSSR count). The van der Waals surface area contributed by atoms with E-state index in [0.717, 1.165) is 23.4 Å². The molecular formula is C14H12ClF2NO. The van der Waals surface area contributed by atoms with E-state index in [4.69, 9.17) is 16.7 Å². The zero-order valence-corrected chi connectivity index (χ0v) is 10.9. The largest absolute Gasteiger partial charge is 0.503 e. The van der Waals surface area contributed by atoms with Gasteiger partial charge in [-0.05, 0) is 42.3 Å². The predicted octanol–water partition coefficient (Wildman–Crippen LogP) is 4.24. The maximum absolute atomic E-state index is 13.2. The summed E-state index contributed by atoms with van der Waals surface area (Å²) in [6.07, 6.45) is 0. The van der Waals surface area contributed by atoms with E-state index >= 15 is 0 Å². The van der Waals surface area contributed by atoms with E-state index in [1.165, 1.54) is 0 Å². The van der Waals surface area contributed by atoms with Gasteiger partial charge < -0.3 is 10.4 Å². The molecule has 2 aromatic rings. The fourth-order valence-electron chi connectivity index (χ4n) is 1.70. The Balaban J connectivity index is 2.17. The standard InChI is InChI=1S/C14H12ClF2NO/c1-8-2-3-10(15)6-13(8)18-7-9-4-11(16)14(19)12(17)5-9/h2-6,18-19H,7H2,1H3. The van der Waals surface area contributed by atoms with E-state index in [1.807, 2.05) is 13.0 Å². The minimum atomic E-state index is -0.973. The number of nitrogens with one attached hydrogen (secondary N) is 1. The Morgan fingerprint density at radius 2 is 1.79 bits per heavy atom. The third-order valence-corrected chi connectivity index (χ3v) is 2.99. The lowest BCUT2D eigenvalue weighted by Crippen LogP contribution is -2.02. The summed E-state index contributed by atoms with van der Waals surface area (Å²) in [5.41, 5.74) is 2.16. The maximum atomic E-state index is 13.2. The first kappa shape index (κ1) is 13.6. The van der Waals surface area contributed by atoms with Gasteiger partial charge in [0.15, 0.2) is 17.4 Å². The molecule has 0 unspecified atom stereocenters. The van der Waals surface area contributed by atoms with Crippen molar-refractivity contribution in [1.29, 1.82) is 0 Å². The van der Waals surface area contributed by atoms with Gasteiger partial charge in [0.1, 0.15) is 0 Å². The van der Waals surface area contributed by atoms with Crippen molar-refractivity contribution < 1.29 is 13.9 Å². The van der Waals surface area contributed by atoms with E-state index < -0.39 is 17.4 Å². The number of anilines is 1. The van der Waals surface area contributed by atoms with Crippen LogP contribution in [0.1, 0.15) is 11.1 Å². The number of hydrogen-bond acceptors (Lipinski definition) is 2. The molecule has 0 aromatic heterocycles. The SMILES string of the molecule is Cc1ccc(Cl)cc1NCc1cc(F)c(O)c(F)c1. The summed E-state index contributed by atoms with van der Waals surface area (Å²) in [7, 11) is 0. The van der Waals surface area contributed by atoms with Crippen LogP contribution < -0.4 is 5.32 Å². The molecule has 0 aliphatic heterocycles. The molecule has 0 aliphatic rings. The van der Waals surface area contributed by atoms with Crippen LogP contribution in [0.2, 0.25) is 5.02 Å². The highest BCUT2D eigenvalue weighted by Gasteiger charge is 2.09. The van der Waals surface area contributed by atoms with Crippen LogP contribution in [-0.2, 0) is 6.54 Å². The zero-order valence-electron chi connectivity index (χ0n) is 10.2. The molecule has 2 nitrogen and oxygen atoms in total. The minimum absolute atomic E-state index is 0.231. The van der Waals surface area contributed by atoms with Crippen molar-refractivity contribution in [3.05, 3.63) is 58.1 Å². The Morgan fingerprint density at radius 3 is 2.42 bits per heavy atom. The van der Waals surface area contributed by atoms with Gasteiger partial charge in [-0.15, -0.1) is 0 Å². The Kier molecular flexibility index (Phi) is 3.90. The predicted molar refractivity (Wildman–Crippen MR) is 71.5 cm³/mol. The molecule has 0 aliphatic carbocycles. The zero-order chi connectivity index (χ0) is 14.0. The van der Waals surface area contributed by atoms with Crippen molar-refractivity contribution >= 4 is 17.3 Å². The number of hydrogen-bond donors (Lipinski definition) is 2. The fraction of sp³-hybridized carbons (Fsp3) is 0.143. The molecule has 0 atom stereocenters. The van der Waals surface area contributed by atoms with Gasteiger partial charge in [-0.2, -0.15) is 0 Å². The normalized spacial score (nSPS) is 10.5. The average Bonchev–Trinajstić information content (AvgIpc) is 2.37. The van der Waals surface area contributed by atoms with E-state index in [-0.39, 0.29) is 6.54 Å². The number of phenolic OH excluding ortho intramolecular Hbond substituents is 1. The molecule has 0 saturated carbocycles. The second-order valence-electron chi connectivity index (χ2n) is 4.22. The van der Waals surface area contributed by atoms with Crippen LogP contribution in [0.3, 0.4) is 0 Å². The van der Waals surface area contributed by atoms with E-state index in [1.54, 1.807) is 12.1 Å². The summed E-state index contributed by atoms with van der Waals surface area (Å²) < 4.78 is 26.3. The molecule has 19 heavy (non-hydrogen) atoms. The number of benzene rings is 2. The third-order valence-electron chi connectivity index (χ3n) is 2.76. The summed E-state index contributed by atoms with van der Waals surface area (Å²) in [6, 6.07) is 7.53. The molecule has 0 heterocycles. The molecule has 0 radical (unpaired) electrons. The molecule has 0 saturated heterocycles. The average molecular weight is 284 g/mol. The Morgan fingerprint density at radius 1 is 1.16 bits per heavy atom. The van der Waals surface area contributed by atoms with Gasteiger partial charge in [0.05, 0.1) is 0 Å². The van der Waals surface area contributed by atoms with Gasteiger partial charge >= 0.3 is 0 Å². The van der Waals surface area contributed by atoms with E-state index in [0.29, 0.717) is 10.6 Å². The first-order valence-corrected chi connectivity index (χ1v) is 6.02. The van der Waals surface area contributed by atoms with Crippen LogP contribution in [0.4, 0.5) is 14.5 Å². The number of rotatable bonds is 3. The quantitative estimate of drug-likeness (QED) is 0.883. The summed E-state index contributed by atoms with van der Waals surface area (Å²) >= 11 is 5.88. The second-order valence-corrected chi connectivity index (χ2v) is 4.66. The maximum Gasteiger partial charge on any atom is 0.187 e. The minimum Gasteiger partial charge on any atom is -0.503 e. The molecule has 0 fully saturated rings. The van der Waals surface area contributed by atoms with Crippen LogP contribution in [0.5, 0.6) is 5.75 Å². The first-order chi connectivity index (χ1) is 8.97. The summed E-state index contributed by atoms with van der Waals surface area (Å²) in [4.78, 5) is 0. The smallest absolute Gasteiger partial charge is 0.187 e. The fourth-order valence-corrected chi connectivity index (χ4v) is 1.87. The van der Waals surface area contributed by atoms with Crippen LogP contribution >= 0.6 is 11.6 Å². The molecular weight excluding hydrogens is 272 g/mol. The van der Waals surface area contributed by atoms with Crippen molar-refractivity contribution in [2.45, 2.75) is 13.5 Å². The summed E-state index contributed by atoms with van der Waals surface area (Å²) in [6.45, 7) is 2.13. The second kappa shape index (κ2) is 5.45. The number of halogens is 3. The van der Waals surface area contributed by atoms with Gasteiger partial charge in [-0.25, -0.2) is 8.78 Å². The highest BCUT2D eigenvalue weighted by Crippen LogP contribution is 2.24. The number of aromatic hydroxyl groups is 1. The van der Waals surface area contributed by atoms with Crippen molar-refractivity contribution in [3.8, 4) is 5.75 Å². The molecule has 0 bridgehead atoms. The van der Waals surface area contributed by atoms with Gasteiger partial charge in [0, 0.05) is 17.3 Å². The molecule has 100 valence electrons.